The first-order chi connectivity index (χ1) is 19.7. The van der Waals surface area contributed by atoms with Crippen molar-refractivity contribution in [2.45, 2.75) is 76.4 Å². The number of nitrogens with zero attached hydrogens (tertiary/aromatic N) is 2. The lowest BCUT2D eigenvalue weighted by Crippen LogP contribution is -2.65. The van der Waals surface area contributed by atoms with E-state index in [0.717, 1.165) is 19.0 Å². The van der Waals surface area contributed by atoms with Crippen LogP contribution in [0.25, 0.3) is 5.76 Å². The Morgan fingerprint density at radius 2 is 1.74 bits per heavy atom. The van der Waals surface area contributed by atoms with Gasteiger partial charge in [0.1, 0.15) is 22.8 Å². The van der Waals surface area contributed by atoms with E-state index in [1.54, 1.807) is 19.0 Å². The van der Waals surface area contributed by atoms with Crippen LogP contribution in [0, 0.1) is 23.2 Å². The van der Waals surface area contributed by atoms with Gasteiger partial charge in [0.15, 0.2) is 17.2 Å². The summed E-state index contributed by atoms with van der Waals surface area (Å²) >= 11 is 0. The largest absolute Gasteiger partial charge is 0.508 e. The molecule has 0 bridgehead atoms. The maximum absolute atomic E-state index is 14.2. The number of likely N-dealkylation sites (N-methyl/N-ethyl adjacent to an activating group) is 1. The number of Topliss-reactive ketones (excluding diaryl/α,β-unsaturated/α-hetero) is 3. The van der Waals surface area contributed by atoms with Crippen LogP contribution >= 0.6 is 0 Å². The molecule has 1 aromatic rings. The van der Waals surface area contributed by atoms with Gasteiger partial charge in [-0.1, -0.05) is 6.42 Å². The SMILES string of the molecule is CC(=O)C1=C(O)[C@@]2(O)C(=O)C3=C(O)c4c(O)c(CCC5CC6(CCC6)C5)cc(N(C)C)c4C[C@H]3C[C@H]2[C@H](N(C)C)C1=O. The normalized spacial score (nSPS) is 30.1. The van der Waals surface area contributed by atoms with Crippen molar-refractivity contribution in [2.75, 3.05) is 33.1 Å². The first kappa shape index (κ1) is 28.9. The van der Waals surface area contributed by atoms with Crippen molar-refractivity contribution < 1.29 is 34.8 Å². The average molecular weight is 579 g/mol. The number of aliphatic hydroxyl groups excluding tert-OH is 2. The molecule has 4 atom stereocenters. The van der Waals surface area contributed by atoms with Gasteiger partial charge in [0, 0.05) is 31.3 Å². The van der Waals surface area contributed by atoms with Gasteiger partial charge in [-0.3, -0.25) is 19.3 Å². The molecule has 3 fully saturated rings. The summed E-state index contributed by atoms with van der Waals surface area (Å²) in [4.78, 5) is 43.4. The standard InChI is InChI=1S/C33H42N2O7/c1-16(36)23-29(39)26(35(4)5)21-12-19-11-20-22(34(2)3)13-18(8-7-17-14-32(15-17)9-6-10-32)27(37)25(20)28(38)24(19)31(41)33(21,42)30(23)40/h13,17,19,21,26,37-38,40,42H,6-12,14-15H2,1-5H3/t19-,21-,26-,33+/m0/s1. The van der Waals surface area contributed by atoms with Crippen molar-refractivity contribution >= 4 is 28.8 Å². The quantitative estimate of drug-likeness (QED) is 0.373. The Balaban J connectivity index is 1.43. The summed E-state index contributed by atoms with van der Waals surface area (Å²) in [5, 5.41) is 46.2. The van der Waals surface area contributed by atoms with Crippen LogP contribution < -0.4 is 4.90 Å². The highest BCUT2D eigenvalue weighted by molar-refractivity contribution is 6.25. The third-order valence-electron chi connectivity index (χ3n) is 11.0. The fraction of sp³-hybridized carbons (Fsp3) is 0.606. The minimum Gasteiger partial charge on any atom is -0.508 e. The number of hydrogen-bond donors (Lipinski definition) is 4. The van der Waals surface area contributed by atoms with E-state index in [2.05, 4.69) is 0 Å². The third kappa shape index (κ3) is 3.92. The molecule has 5 aliphatic rings. The molecule has 0 aliphatic heterocycles. The molecular weight excluding hydrogens is 536 g/mol. The number of fused-ring (bicyclic) bond motifs is 3. The molecule has 9 heteroatoms. The summed E-state index contributed by atoms with van der Waals surface area (Å²) < 4.78 is 0. The minimum atomic E-state index is -2.56. The number of ketones is 3. The number of benzene rings is 1. The second kappa shape index (κ2) is 9.67. The molecule has 3 saturated carbocycles. The van der Waals surface area contributed by atoms with Gasteiger partial charge in [0.25, 0.3) is 0 Å². The molecule has 6 rings (SSSR count). The van der Waals surface area contributed by atoms with E-state index in [4.69, 9.17) is 0 Å². The molecule has 0 heterocycles. The van der Waals surface area contributed by atoms with Gasteiger partial charge in [-0.25, -0.2) is 0 Å². The Hall–Kier alpha value is -3.17. The number of phenols is 1. The van der Waals surface area contributed by atoms with Gasteiger partial charge >= 0.3 is 0 Å². The van der Waals surface area contributed by atoms with Gasteiger partial charge in [-0.05, 0) is 107 Å². The summed E-state index contributed by atoms with van der Waals surface area (Å²) in [5.41, 5.74) is -0.224. The van der Waals surface area contributed by atoms with Crippen LogP contribution in [0.2, 0.25) is 0 Å². The third-order valence-corrected chi connectivity index (χ3v) is 11.0. The zero-order valence-corrected chi connectivity index (χ0v) is 25.2. The second-order valence-corrected chi connectivity index (χ2v) is 14.0. The Labute approximate surface area is 246 Å². The maximum Gasteiger partial charge on any atom is 0.202 e. The van der Waals surface area contributed by atoms with Crippen LogP contribution in [-0.2, 0) is 27.2 Å². The summed E-state index contributed by atoms with van der Waals surface area (Å²) in [7, 11) is 7.06. The molecule has 5 aliphatic carbocycles. The number of anilines is 1. The number of phenolic OH excluding ortho intramolecular Hbond substituents is 1. The van der Waals surface area contributed by atoms with Gasteiger partial charge < -0.3 is 25.3 Å². The lowest BCUT2D eigenvalue weighted by Gasteiger charge is -2.54. The van der Waals surface area contributed by atoms with Crippen molar-refractivity contribution in [1.82, 2.24) is 4.90 Å². The highest BCUT2D eigenvalue weighted by Gasteiger charge is 2.64. The number of aryl methyl sites for hydroxylation is 1. The van der Waals surface area contributed by atoms with Crippen LogP contribution in [0.4, 0.5) is 5.69 Å². The van der Waals surface area contributed by atoms with Crippen LogP contribution in [0.3, 0.4) is 0 Å². The molecule has 0 radical (unpaired) electrons. The lowest BCUT2D eigenvalue weighted by molar-refractivity contribution is -0.153. The van der Waals surface area contributed by atoms with Crippen molar-refractivity contribution in [1.29, 1.82) is 0 Å². The number of hydrogen-bond acceptors (Lipinski definition) is 9. The Morgan fingerprint density at radius 1 is 1.07 bits per heavy atom. The minimum absolute atomic E-state index is 0.0622. The van der Waals surface area contributed by atoms with Crippen LogP contribution in [0.1, 0.15) is 68.6 Å². The van der Waals surface area contributed by atoms with Crippen molar-refractivity contribution in [3.63, 3.8) is 0 Å². The number of carbonyl (C=O) groups is 3. The van der Waals surface area contributed by atoms with Crippen molar-refractivity contribution in [2.24, 2.45) is 23.2 Å². The molecule has 4 N–H and O–H groups in total. The molecular formula is C33H42N2O7. The molecule has 0 aromatic heterocycles. The average Bonchev–Trinajstić information content (AvgIpc) is 2.84. The Morgan fingerprint density at radius 3 is 2.29 bits per heavy atom. The zero-order valence-electron chi connectivity index (χ0n) is 25.2. The predicted octanol–water partition coefficient (Wildman–Crippen LogP) is 3.65. The van der Waals surface area contributed by atoms with Crippen molar-refractivity contribution in [3.8, 4) is 5.75 Å². The summed E-state index contributed by atoms with van der Waals surface area (Å²) in [6.45, 7) is 1.11. The highest BCUT2D eigenvalue weighted by Crippen LogP contribution is 2.60. The fourth-order valence-electron chi connectivity index (χ4n) is 8.85. The lowest BCUT2D eigenvalue weighted by atomic mass is 9.51. The smallest absolute Gasteiger partial charge is 0.202 e. The highest BCUT2D eigenvalue weighted by atomic mass is 16.3. The van der Waals surface area contributed by atoms with E-state index in [1.807, 2.05) is 25.1 Å². The molecule has 0 saturated heterocycles. The van der Waals surface area contributed by atoms with Gasteiger partial charge in [0.2, 0.25) is 5.78 Å². The van der Waals surface area contributed by atoms with E-state index in [0.29, 0.717) is 35.3 Å². The molecule has 0 unspecified atom stereocenters. The topological polar surface area (TPSA) is 139 Å². The van der Waals surface area contributed by atoms with Crippen LogP contribution in [-0.4, -0.2) is 82.5 Å². The van der Waals surface area contributed by atoms with E-state index < -0.39 is 57.9 Å². The Bertz CT molecular complexity index is 1460. The molecule has 0 amide bonds. The zero-order chi connectivity index (χ0) is 30.5. The molecule has 9 nitrogen and oxygen atoms in total. The number of rotatable bonds is 6. The maximum atomic E-state index is 14.2. The molecule has 226 valence electrons. The number of aliphatic hydroxyl groups is 3. The second-order valence-electron chi connectivity index (χ2n) is 14.0. The van der Waals surface area contributed by atoms with E-state index >= 15 is 0 Å². The number of aromatic hydroxyl groups is 1. The van der Waals surface area contributed by atoms with E-state index in [9.17, 15) is 34.8 Å². The van der Waals surface area contributed by atoms with E-state index in [-0.39, 0.29) is 23.3 Å². The molecule has 42 heavy (non-hydrogen) atoms. The van der Waals surface area contributed by atoms with Gasteiger partial charge in [-0.2, -0.15) is 0 Å². The summed E-state index contributed by atoms with van der Waals surface area (Å²) in [6.07, 6.45) is 8.44. The molecule has 1 spiro atoms. The first-order valence-corrected chi connectivity index (χ1v) is 15.1. The fourth-order valence-corrected chi connectivity index (χ4v) is 8.85. The number of carbonyl (C=O) groups excluding carboxylic acids is 3. The summed E-state index contributed by atoms with van der Waals surface area (Å²) in [6, 6.07) is 0.958. The van der Waals surface area contributed by atoms with Crippen molar-refractivity contribution in [3.05, 3.63) is 39.7 Å². The van der Waals surface area contributed by atoms with Crippen LogP contribution in [0.5, 0.6) is 5.75 Å². The van der Waals surface area contributed by atoms with Crippen LogP contribution in [0.15, 0.2) is 23.0 Å². The van der Waals surface area contributed by atoms with Gasteiger partial charge in [0.05, 0.1) is 11.6 Å². The molecule has 1 aromatic carbocycles. The first-order valence-electron chi connectivity index (χ1n) is 15.1. The Kier molecular flexibility index (Phi) is 6.66. The van der Waals surface area contributed by atoms with E-state index in [1.165, 1.54) is 32.1 Å². The monoisotopic (exact) mass is 578 g/mol. The predicted molar refractivity (Wildman–Crippen MR) is 157 cm³/mol. The van der Waals surface area contributed by atoms with Gasteiger partial charge in [-0.15, -0.1) is 0 Å². The summed E-state index contributed by atoms with van der Waals surface area (Å²) in [5.74, 6) is -4.70.